The van der Waals surface area contributed by atoms with E-state index in [1.54, 1.807) is 31.2 Å². The molecule has 2 atom stereocenters. The van der Waals surface area contributed by atoms with E-state index in [2.05, 4.69) is 5.32 Å². The molecule has 0 spiro atoms. The van der Waals surface area contributed by atoms with Crippen molar-refractivity contribution in [2.45, 2.75) is 38.3 Å². The Morgan fingerprint density at radius 1 is 1.48 bits per heavy atom. The molecule has 0 saturated heterocycles. The van der Waals surface area contributed by atoms with Gasteiger partial charge in [0.15, 0.2) is 6.10 Å². The number of benzene rings is 1. The predicted octanol–water partition coefficient (Wildman–Crippen LogP) is 2.48. The third-order valence-electron chi connectivity index (χ3n) is 3.36. The standard InChI is InChI=1S/C15H18ClNO4/c1-9(21-12-4-2-3-11(16)8-12)14(18)17-13(15(19)20)7-10-5-6-10/h2-4,8-10,13H,5-7H2,1H3,(H,17,18)(H,19,20). The molecule has 0 aliphatic heterocycles. The molecule has 2 N–H and O–H groups in total. The second kappa shape index (κ2) is 6.80. The van der Waals surface area contributed by atoms with Gasteiger partial charge in [0.1, 0.15) is 11.8 Å². The lowest BCUT2D eigenvalue weighted by Crippen LogP contribution is -2.46. The maximum Gasteiger partial charge on any atom is 0.326 e. The number of amides is 1. The molecule has 2 unspecified atom stereocenters. The average molecular weight is 312 g/mol. The number of hydrogen-bond donors (Lipinski definition) is 2. The number of carboxylic acid groups (broad SMARTS) is 1. The number of ether oxygens (including phenoxy) is 1. The van der Waals surface area contributed by atoms with E-state index in [4.69, 9.17) is 21.4 Å². The normalized spacial score (nSPS) is 16.9. The Labute approximate surface area is 128 Å². The number of aliphatic carboxylic acids is 1. The Kier molecular flexibility index (Phi) is 5.07. The first-order chi connectivity index (χ1) is 9.95. The number of carbonyl (C=O) groups excluding carboxylic acids is 1. The van der Waals surface area contributed by atoms with Gasteiger partial charge >= 0.3 is 5.97 Å². The summed E-state index contributed by atoms with van der Waals surface area (Å²) in [6.45, 7) is 1.58. The van der Waals surface area contributed by atoms with Crippen LogP contribution in [-0.4, -0.2) is 29.1 Å². The predicted molar refractivity (Wildman–Crippen MR) is 78.4 cm³/mol. The fourth-order valence-electron chi connectivity index (χ4n) is 2.00. The van der Waals surface area contributed by atoms with Crippen LogP contribution in [0.4, 0.5) is 0 Å². The van der Waals surface area contributed by atoms with Crippen molar-refractivity contribution in [2.24, 2.45) is 5.92 Å². The molecular formula is C15H18ClNO4. The Bertz CT molecular complexity index is 530. The van der Waals surface area contributed by atoms with Crippen molar-refractivity contribution in [3.05, 3.63) is 29.3 Å². The Morgan fingerprint density at radius 2 is 2.19 bits per heavy atom. The number of halogens is 1. The van der Waals surface area contributed by atoms with Crippen molar-refractivity contribution in [3.63, 3.8) is 0 Å². The van der Waals surface area contributed by atoms with Crippen LogP contribution in [0.25, 0.3) is 0 Å². The Morgan fingerprint density at radius 3 is 2.76 bits per heavy atom. The fourth-order valence-corrected chi connectivity index (χ4v) is 2.18. The van der Waals surface area contributed by atoms with Crippen molar-refractivity contribution in [2.75, 3.05) is 0 Å². The summed E-state index contributed by atoms with van der Waals surface area (Å²) in [7, 11) is 0. The fraction of sp³-hybridized carbons (Fsp3) is 0.467. The van der Waals surface area contributed by atoms with Crippen molar-refractivity contribution >= 4 is 23.5 Å². The molecule has 1 fully saturated rings. The van der Waals surface area contributed by atoms with Crippen LogP contribution in [0.15, 0.2) is 24.3 Å². The molecule has 0 bridgehead atoms. The minimum atomic E-state index is -1.01. The van der Waals surface area contributed by atoms with E-state index in [0.29, 0.717) is 23.1 Å². The first-order valence-corrected chi connectivity index (χ1v) is 7.29. The second-order valence-corrected chi connectivity index (χ2v) is 5.73. The van der Waals surface area contributed by atoms with Crippen molar-refractivity contribution in [3.8, 4) is 5.75 Å². The molecule has 5 nitrogen and oxygen atoms in total. The monoisotopic (exact) mass is 311 g/mol. The maximum atomic E-state index is 12.0. The highest BCUT2D eigenvalue weighted by molar-refractivity contribution is 6.30. The van der Waals surface area contributed by atoms with E-state index in [9.17, 15) is 9.59 Å². The minimum Gasteiger partial charge on any atom is -0.481 e. The Balaban J connectivity index is 1.89. The lowest BCUT2D eigenvalue weighted by molar-refractivity contribution is -0.143. The van der Waals surface area contributed by atoms with Crippen LogP contribution < -0.4 is 10.1 Å². The van der Waals surface area contributed by atoms with Gasteiger partial charge in [0.05, 0.1) is 0 Å². The topological polar surface area (TPSA) is 75.6 Å². The zero-order valence-corrected chi connectivity index (χ0v) is 12.5. The molecule has 114 valence electrons. The van der Waals surface area contributed by atoms with Crippen LogP contribution in [0.2, 0.25) is 5.02 Å². The van der Waals surface area contributed by atoms with Gasteiger partial charge in [-0.2, -0.15) is 0 Å². The molecule has 1 saturated carbocycles. The number of rotatable bonds is 7. The molecule has 21 heavy (non-hydrogen) atoms. The third kappa shape index (κ3) is 4.93. The highest BCUT2D eigenvalue weighted by Gasteiger charge is 2.31. The van der Waals surface area contributed by atoms with Crippen LogP contribution in [0.3, 0.4) is 0 Å². The van der Waals surface area contributed by atoms with E-state index in [0.717, 1.165) is 12.8 Å². The van der Waals surface area contributed by atoms with Gasteiger partial charge < -0.3 is 15.2 Å². The maximum absolute atomic E-state index is 12.0. The molecule has 0 radical (unpaired) electrons. The molecular weight excluding hydrogens is 294 g/mol. The number of nitrogens with one attached hydrogen (secondary N) is 1. The molecule has 2 rings (SSSR count). The van der Waals surface area contributed by atoms with Gasteiger partial charge in [-0.3, -0.25) is 4.79 Å². The van der Waals surface area contributed by atoms with E-state index >= 15 is 0 Å². The summed E-state index contributed by atoms with van der Waals surface area (Å²) in [6, 6.07) is 5.86. The Hall–Kier alpha value is -1.75. The summed E-state index contributed by atoms with van der Waals surface area (Å²) in [4.78, 5) is 23.2. The SMILES string of the molecule is CC(Oc1cccc(Cl)c1)C(=O)NC(CC1CC1)C(=O)O. The molecule has 1 aliphatic carbocycles. The van der Waals surface area contributed by atoms with Crippen LogP contribution in [0.5, 0.6) is 5.75 Å². The van der Waals surface area contributed by atoms with Crippen molar-refractivity contribution < 1.29 is 19.4 Å². The lowest BCUT2D eigenvalue weighted by atomic mass is 10.1. The molecule has 1 amide bonds. The highest BCUT2D eigenvalue weighted by Crippen LogP contribution is 2.33. The van der Waals surface area contributed by atoms with E-state index < -0.39 is 24.0 Å². The van der Waals surface area contributed by atoms with Gasteiger partial charge in [-0.05, 0) is 37.5 Å². The molecule has 0 aromatic heterocycles. The average Bonchev–Trinajstić information content (AvgIpc) is 3.21. The zero-order valence-electron chi connectivity index (χ0n) is 11.7. The first-order valence-electron chi connectivity index (χ1n) is 6.91. The molecule has 0 heterocycles. The largest absolute Gasteiger partial charge is 0.481 e. The van der Waals surface area contributed by atoms with Gasteiger partial charge in [-0.15, -0.1) is 0 Å². The number of hydrogen-bond acceptors (Lipinski definition) is 3. The highest BCUT2D eigenvalue weighted by atomic mass is 35.5. The van der Waals surface area contributed by atoms with Crippen LogP contribution in [0.1, 0.15) is 26.2 Å². The summed E-state index contributed by atoms with van der Waals surface area (Å²) in [5.74, 6) is -0.567. The summed E-state index contributed by atoms with van der Waals surface area (Å²) < 4.78 is 5.47. The van der Waals surface area contributed by atoms with Crippen LogP contribution in [-0.2, 0) is 9.59 Å². The molecule has 6 heteroatoms. The quantitative estimate of drug-likeness (QED) is 0.811. The smallest absolute Gasteiger partial charge is 0.326 e. The van der Waals surface area contributed by atoms with Crippen molar-refractivity contribution in [1.82, 2.24) is 5.32 Å². The van der Waals surface area contributed by atoms with E-state index in [-0.39, 0.29) is 0 Å². The van der Waals surface area contributed by atoms with E-state index in [1.165, 1.54) is 0 Å². The first kappa shape index (κ1) is 15.6. The summed E-state index contributed by atoms with van der Waals surface area (Å²) in [5.41, 5.74) is 0. The lowest BCUT2D eigenvalue weighted by Gasteiger charge is -2.18. The van der Waals surface area contributed by atoms with Crippen LogP contribution in [0, 0.1) is 5.92 Å². The van der Waals surface area contributed by atoms with Gasteiger partial charge in [0.25, 0.3) is 5.91 Å². The molecule has 1 aromatic carbocycles. The van der Waals surface area contributed by atoms with Gasteiger partial charge in [0, 0.05) is 5.02 Å². The molecule has 1 aromatic rings. The summed E-state index contributed by atoms with van der Waals surface area (Å²) in [6.07, 6.45) is 1.76. The number of carboxylic acids is 1. The van der Waals surface area contributed by atoms with Crippen LogP contribution >= 0.6 is 11.6 Å². The minimum absolute atomic E-state index is 0.413. The van der Waals surface area contributed by atoms with Gasteiger partial charge in [0.2, 0.25) is 0 Å². The number of carbonyl (C=O) groups is 2. The second-order valence-electron chi connectivity index (χ2n) is 5.30. The van der Waals surface area contributed by atoms with Gasteiger partial charge in [-0.25, -0.2) is 4.79 Å². The van der Waals surface area contributed by atoms with Gasteiger partial charge in [-0.1, -0.05) is 30.5 Å². The third-order valence-corrected chi connectivity index (χ3v) is 3.59. The molecule has 1 aliphatic rings. The zero-order chi connectivity index (χ0) is 15.4. The summed E-state index contributed by atoms with van der Waals surface area (Å²) in [5, 5.41) is 12.2. The van der Waals surface area contributed by atoms with E-state index in [1.807, 2.05) is 0 Å². The summed E-state index contributed by atoms with van der Waals surface area (Å²) >= 11 is 5.84. The van der Waals surface area contributed by atoms with Crippen molar-refractivity contribution in [1.29, 1.82) is 0 Å².